The molecule has 1 aromatic heterocycles. The molecule has 4 nitrogen and oxygen atoms in total. The standard InChI is InChI=1S/C15H19N3O/c1-10-11(15(16)19)6-4-8-18(10)14-9-17-13-7-3-2-5-12(13)14/h2-3,5,7,9-11,17H,4,6,8H2,1H3,(H2,16,19). The normalized spacial score (nSPS) is 23.7. The predicted octanol–water partition coefficient (Wildman–Crippen LogP) is 2.26. The highest BCUT2D eigenvalue weighted by molar-refractivity contribution is 5.93. The molecular formula is C15H19N3O. The average Bonchev–Trinajstić information content (AvgIpc) is 2.82. The summed E-state index contributed by atoms with van der Waals surface area (Å²) in [6.07, 6.45) is 3.94. The van der Waals surface area contributed by atoms with Crippen molar-refractivity contribution in [3.8, 4) is 0 Å². The predicted molar refractivity (Wildman–Crippen MR) is 77.0 cm³/mol. The molecule has 2 aromatic rings. The van der Waals surface area contributed by atoms with Crippen LogP contribution in [0.1, 0.15) is 19.8 Å². The maximum atomic E-state index is 11.5. The van der Waals surface area contributed by atoms with Gasteiger partial charge in [0.05, 0.1) is 11.6 Å². The monoisotopic (exact) mass is 257 g/mol. The van der Waals surface area contributed by atoms with E-state index in [2.05, 4.69) is 28.9 Å². The molecule has 0 aliphatic carbocycles. The SMILES string of the molecule is CC1C(C(N)=O)CCCN1c1c[nH]c2ccccc12. The van der Waals surface area contributed by atoms with E-state index in [0.717, 1.165) is 24.9 Å². The molecule has 1 aliphatic rings. The number of nitrogens with one attached hydrogen (secondary N) is 1. The summed E-state index contributed by atoms with van der Waals surface area (Å²) in [6.45, 7) is 3.07. The average molecular weight is 257 g/mol. The number of hydrogen-bond donors (Lipinski definition) is 2. The van der Waals surface area contributed by atoms with Gasteiger partial charge in [0.1, 0.15) is 0 Å². The summed E-state index contributed by atoms with van der Waals surface area (Å²) in [4.78, 5) is 17.1. The van der Waals surface area contributed by atoms with Gasteiger partial charge in [-0.25, -0.2) is 0 Å². The summed E-state index contributed by atoms with van der Waals surface area (Å²) in [5, 5.41) is 1.21. The Hall–Kier alpha value is -1.97. The Morgan fingerprint density at radius 1 is 1.42 bits per heavy atom. The van der Waals surface area contributed by atoms with Crippen molar-refractivity contribution in [2.45, 2.75) is 25.8 Å². The van der Waals surface area contributed by atoms with E-state index in [-0.39, 0.29) is 17.9 Å². The van der Waals surface area contributed by atoms with E-state index in [1.54, 1.807) is 0 Å². The number of para-hydroxylation sites is 1. The number of aromatic nitrogens is 1. The molecule has 2 heterocycles. The lowest BCUT2D eigenvalue weighted by Crippen LogP contribution is -2.48. The summed E-state index contributed by atoms with van der Waals surface area (Å²) in [7, 11) is 0. The zero-order valence-electron chi connectivity index (χ0n) is 11.1. The lowest BCUT2D eigenvalue weighted by atomic mass is 9.89. The molecule has 1 saturated heterocycles. The Morgan fingerprint density at radius 3 is 3.00 bits per heavy atom. The van der Waals surface area contributed by atoms with Crippen LogP contribution in [0.2, 0.25) is 0 Å². The van der Waals surface area contributed by atoms with Crippen molar-refractivity contribution >= 4 is 22.5 Å². The highest BCUT2D eigenvalue weighted by Crippen LogP contribution is 2.33. The lowest BCUT2D eigenvalue weighted by Gasteiger charge is -2.39. The molecular weight excluding hydrogens is 238 g/mol. The number of nitrogens with two attached hydrogens (primary N) is 1. The highest BCUT2D eigenvalue weighted by atomic mass is 16.1. The van der Waals surface area contributed by atoms with Crippen molar-refractivity contribution in [1.29, 1.82) is 0 Å². The van der Waals surface area contributed by atoms with Gasteiger partial charge < -0.3 is 15.6 Å². The zero-order chi connectivity index (χ0) is 13.4. The number of aromatic amines is 1. The van der Waals surface area contributed by atoms with Crippen molar-refractivity contribution in [1.82, 2.24) is 4.98 Å². The molecule has 1 aliphatic heterocycles. The second-order valence-electron chi connectivity index (χ2n) is 5.30. The van der Waals surface area contributed by atoms with Gasteiger partial charge in [0, 0.05) is 29.7 Å². The Morgan fingerprint density at radius 2 is 2.21 bits per heavy atom. The molecule has 3 N–H and O–H groups in total. The fraction of sp³-hybridized carbons (Fsp3) is 0.400. The number of hydrogen-bond acceptors (Lipinski definition) is 2. The number of amides is 1. The van der Waals surface area contributed by atoms with E-state index in [9.17, 15) is 4.79 Å². The first-order valence-corrected chi connectivity index (χ1v) is 6.80. The highest BCUT2D eigenvalue weighted by Gasteiger charge is 2.32. The number of rotatable bonds is 2. The van der Waals surface area contributed by atoms with Gasteiger partial charge in [-0.15, -0.1) is 0 Å². The molecule has 0 bridgehead atoms. The van der Waals surface area contributed by atoms with Gasteiger partial charge in [0.15, 0.2) is 0 Å². The quantitative estimate of drug-likeness (QED) is 0.866. The summed E-state index contributed by atoms with van der Waals surface area (Å²) in [5.74, 6) is -0.237. The minimum Gasteiger partial charge on any atom is -0.369 e. The van der Waals surface area contributed by atoms with Gasteiger partial charge in [-0.05, 0) is 25.8 Å². The maximum absolute atomic E-state index is 11.5. The number of carbonyl (C=O) groups excluding carboxylic acids is 1. The number of benzene rings is 1. The Labute approximate surface area is 112 Å². The van der Waals surface area contributed by atoms with Crippen LogP contribution in [0.25, 0.3) is 10.9 Å². The third-order valence-corrected chi connectivity index (χ3v) is 4.23. The van der Waals surface area contributed by atoms with Crippen molar-refractivity contribution in [3.05, 3.63) is 30.5 Å². The molecule has 100 valence electrons. The fourth-order valence-electron chi connectivity index (χ4n) is 3.16. The molecule has 1 aromatic carbocycles. The molecule has 3 rings (SSSR count). The van der Waals surface area contributed by atoms with Crippen LogP contribution >= 0.6 is 0 Å². The smallest absolute Gasteiger partial charge is 0.222 e. The minimum atomic E-state index is -0.183. The van der Waals surface area contributed by atoms with Gasteiger partial charge in [0.2, 0.25) is 5.91 Å². The lowest BCUT2D eigenvalue weighted by molar-refractivity contribution is -0.122. The van der Waals surface area contributed by atoms with Crippen LogP contribution in [-0.4, -0.2) is 23.5 Å². The van der Waals surface area contributed by atoms with Crippen LogP contribution in [0.5, 0.6) is 0 Å². The van der Waals surface area contributed by atoms with E-state index < -0.39 is 0 Å². The molecule has 0 radical (unpaired) electrons. The number of H-pyrrole nitrogens is 1. The van der Waals surface area contributed by atoms with Crippen LogP contribution in [0.15, 0.2) is 30.5 Å². The molecule has 4 heteroatoms. The minimum absolute atomic E-state index is 0.0533. The topological polar surface area (TPSA) is 62.1 Å². The number of piperidine rings is 1. The molecule has 1 amide bonds. The first-order chi connectivity index (χ1) is 9.18. The Bertz CT molecular complexity index is 604. The van der Waals surface area contributed by atoms with Crippen LogP contribution < -0.4 is 10.6 Å². The van der Waals surface area contributed by atoms with Crippen molar-refractivity contribution in [2.75, 3.05) is 11.4 Å². The van der Waals surface area contributed by atoms with Crippen LogP contribution in [0.4, 0.5) is 5.69 Å². The second-order valence-corrected chi connectivity index (χ2v) is 5.30. The van der Waals surface area contributed by atoms with Crippen LogP contribution in [0.3, 0.4) is 0 Å². The summed E-state index contributed by atoms with van der Waals surface area (Å²) >= 11 is 0. The number of fused-ring (bicyclic) bond motifs is 1. The first kappa shape index (κ1) is 12.1. The molecule has 2 atom stereocenters. The van der Waals surface area contributed by atoms with Gasteiger partial charge >= 0.3 is 0 Å². The largest absolute Gasteiger partial charge is 0.369 e. The summed E-state index contributed by atoms with van der Waals surface area (Å²) in [5.41, 5.74) is 7.82. The molecule has 2 unspecified atom stereocenters. The van der Waals surface area contributed by atoms with Crippen molar-refractivity contribution in [3.63, 3.8) is 0 Å². The molecule has 19 heavy (non-hydrogen) atoms. The third-order valence-electron chi connectivity index (χ3n) is 4.23. The van der Waals surface area contributed by atoms with E-state index in [0.29, 0.717) is 0 Å². The second kappa shape index (κ2) is 4.61. The van der Waals surface area contributed by atoms with Crippen LogP contribution in [-0.2, 0) is 4.79 Å². The zero-order valence-corrected chi connectivity index (χ0v) is 11.1. The van der Waals surface area contributed by atoms with Crippen LogP contribution in [0, 0.1) is 5.92 Å². The fourth-order valence-corrected chi connectivity index (χ4v) is 3.16. The van der Waals surface area contributed by atoms with Gasteiger partial charge in [-0.3, -0.25) is 4.79 Å². The van der Waals surface area contributed by atoms with Gasteiger partial charge in [0.25, 0.3) is 0 Å². The van der Waals surface area contributed by atoms with Crippen molar-refractivity contribution < 1.29 is 4.79 Å². The number of nitrogens with zero attached hydrogens (tertiary/aromatic N) is 1. The molecule has 1 fully saturated rings. The number of primary amides is 1. The first-order valence-electron chi connectivity index (χ1n) is 6.80. The Kier molecular flexibility index (Phi) is 2.93. The molecule has 0 saturated carbocycles. The summed E-state index contributed by atoms with van der Waals surface area (Å²) in [6, 6.07) is 8.40. The number of carbonyl (C=O) groups is 1. The molecule has 0 spiro atoms. The van der Waals surface area contributed by atoms with Gasteiger partial charge in [-0.2, -0.15) is 0 Å². The number of anilines is 1. The Balaban J connectivity index is 1.99. The van der Waals surface area contributed by atoms with Gasteiger partial charge in [-0.1, -0.05) is 18.2 Å². The summed E-state index contributed by atoms with van der Waals surface area (Å²) < 4.78 is 0. The van der Waals surface area contributed by atoms with E-state index in [1.165, 1.54) is 11.1 Å². The van der Waals surface area contributed by atoms with Crippen molar-refractivity contribution in [2.24, 2.45) is 11.7 Å². The van der Waals surface area contributed by atoms with E-state index in [4.69, 9.17) is 5.73 Å². The maximum Gasteiger partial charge on any atom is 0.222 e. The van der Waals surface area contributed by atoms with E-state index >= 15 is 0 Å². The third kappa shape index (κ3) is 1.97. The van der Waals surface area contributed by atoms with E-state index in [1.807, 2.05) is 18.3 Å².